The number of rotatable bonds is 9. The first-order chi connectivity index (χ1) is 16.5. The van der Waals surface area contributed by atoms with Crippen molar-refractivity contribution in [2.24, 2.45) is 0 Å². The average Bonchev–Trinajstić information content (AvgIpc) is 3.38. The molecule has 176 valence electrons. The minimum Gasteiger partial charge on any atom is -0.503 e. The predicted molar refractivity (Wildman–Crippen MR) is 135 cm³/mol. The van der Waals surface area contributed by atoms with Gasteiger partial charge in [0.05, 0.1) is 22.2 Å². The molecule has 34 heavy (non-hydrogen) atoms. The number of likely N-dealkylation sites (N-methyl/N-ethyl adjacent to an activating group) is 1. The molecule has 1 atom stereocenters. The van der Waals surface area contributed by atoms with Gasteiger partial charge in [0, 0.05) is 18.7 Å². The van der Waals surface area contributed by atoms with Gasteiger partial charge in [-0.1, -0.05) is 74.5 Å². The van der Waals surface area contributed by atoms with Crippen molar-refractivity contribution in [3.05, 3.63) is 88.1 Å². The van der Waals surface area contributed by atoms with Gasteiger partial charge in [-0.25, -0.2) is 4.98 Å². The monoisotopic (exact) mass is 475 g/mol. The number of Topliss-reactive ketones (excluding diaryl/α,β-unsaturated/α-hetero) is 1. The van der Waals surface area contributed by atoms with Gasteiger partial charge in [0.2, 0.25) is 5.78 Å². The van der Waals surface area contributed by atoms with Gasteiger partial charge in [-0.2, -0.15) is 0 Å². The molecule has 1 aliphatic heterocycles. The van der Waals surface area contributed by atoms with Gasteiger partial charge in [0.25, 0.3) is 5.91 Å². The van der Waals surface area contributed by atoms with E-state index in [0.29, 0.717) is 23.7 Å². The molecule has 3 aromatic rings. The minimum atomic E-state index is -0.640. The number of aliphatic hydroxyl groups excluding tert-OH is 1. The van der Waals surface area contributed by atoms with E-state index in [0.717, 1.165) is 29.2 Å². The third-order valence-corrected chi connectivity index (χ3v) is 7.44. The predicted octanol–water partition coefficient (Wildman–Crippen LogP) is 5.04. The molecule has 0 saturated heterocycles. The van der Waals surface area contributed by atoms with Crippen molar-refractivity contribution in [3.63, 3.8) is 0 Å². The summed E-state index contributed by atoms with van der Waals surface area (Å²) in [5.41, 5.74) is 2.45. The molecule has 0 radical (unpaired) electrons. The molecule has 4 rings (SSSR count). The third kappa shape index (κ3) is 4.54. The van der Waals surface area contributed by atoms with E-state index >= 15 is 0 Å². The normalized spacial score (nSPS) is 16.1. The molecule has 0 saturated carbocycles. The van der Waals surface area contributed by atoms with Gasteiger partial charge in [-0.05, 0) is 25.6 Å². The Morgan fingerprint density at radius 1 is 1.06 bits per heavy atom. The molecule has 1 amide bonds. The molecule has 0 aliphatic carbocycles. The Morgan fingerprint density at radius 2 is 1.68 bits per heavy atom. The van der Waals surface area contributed by atoms with E-state index in [1.165, 1.54) is 11.3 Å². The van der Waals surface area contributed by atoms with Crippen molar-refractivity contribution in [1.82, 2.24) is 14.8 Å². The summed E-state index contributed by atoms with van der Waals surface area (Å²) in [7, 11) is 0. The number of ketones is 1. The standard InChI is InChI=1S/C27H29N3O3S/c1-4-29(5-2)16-17-30-22(19-12-8-6-9-13-19)21(24(32)27(30)33)23(31)25-18(3)28-26(34-25)20-14-10-7-11-15-20/h6-15,22,32H,4-5,16-17H2,1-3H3. The van der Waals surface area contributed by atoms with Crippen molar-refractivity contribution in [1.29, 1.82) is 0 Å². The molecule has 1 unspecified atom stereocenters. The van der Waals surface area contributed by atoms with Gasteiger partial charge < -0.3 is 14.9 Å². The summed E-state index contributed by atoms with van der Waals surface area (Å²) in [6.07, 6.45) is 0. The van der Waals surface area contributed by atoms with Crippen LogP contribution in [0.2, 0.25) is 0 Å². The second kappa shape index (κ2) is 10.3. The van der Waals surface area contributed by atoms with Crippen LogP contribution in [0.1, 0.15) is 40.8 Å². The lowest BCUT2D eigenvalue weighted by Gasteiger charge is -2.29. The summed E-state index contributed by atoms with van der Waals surface area (Å²) in [6, 6.07) is 18.5. The Kier molecular flexibility index (Phi) is 7.24. The van der Waals surface area contributed by atoms with Gasteiger partial charge >= 0.3 is 0 Å². The first kappa shape index (κ1) is 23.9. The average molecular weight is 476 g/mol. The van der Waals surface area contributed by atoms with Crippen molar-refractivity contribution >= 4 is 23.0 Å². The van der Waals surface area contributed by atoms with Crippen LogP contribution in [-0.4, -0.2) is 57.8 Å². The van der Waals surface area contributed by atoms with Crippen LogP contribution < -0.4 is 0 Å². The molecule has 0 spiro atoms. The highest BCUT2D eigenvalue weighted by atomic mass is 32.1. The molecule has 2 heterocycles. The van der Waals surface area contributed by atoms with Crippen LogP contribution in [0.25, 0.3) is 10.6 Å². The van der Waals surface area contributed by atoms with Crippen LogP contribution in [0.3, 0.4) is 0 Å². The Labute approximate surface area is 204 Å². The molecular weight excluding hydrogens is 446 g/mol. The van der Waals surface area contributed by atoms with Crippen LogP contribution in [0.4, 0.5) is 0 Å². The summed E-state index contributed by atoms with van der Waals surface area (Å²) in [5.74, 6) is -1.32. The molecular formula is C27H29N3O3S. The lowest BCUT2D eigenvalue weighted by molar-refractivity contribution is -0.129. The Hall–Kier alpha value is -3.29. The van der Waals surface area contributed by atoms with Crippen LogP contribution in [0.15, 0.2) is 72.0 Å². The number of carbonyl (C=O) groups excluding carboxylic acids is 2. The van der Waals surface area contributed by atoms with Crippen LogP contribution in [-0.2, 0) is 4.79 Å². The fourth-order valence-corrected chi connectivity index (χ4v) is 5.35. The first-order valence-electron chi connectivity index (χ1n) is 11.5. The fraction of sp³-hybridized carbons (Fsp3) is 0.296. The maximum Gasteiger partial charge on any atom is 0.290 e. The second-order valence-corrected chi connectivity index (χ2v) is 9.23. The fourth-order valence-electron chi connectivity index (χ4n) is 4.32. The molecule has 0 bridgehead atoms. The molecule has 2 aromatic carbocycles. The van der Waals surface area contributed by atoms with E-state index < -0.39 is 17.7 Å². The summed E-state index contributed by atoms with van der Waals surface area (Å²) in [4.78, 5) is 35.9. The minimum absolute atomic E-state index is 0.127. The maximum atomic E-state index is 13.8. The Bertz CT molecular complexity index is 1200. The number of nitrogens with zero attached hydrogens (tertiary/aromatic N) is 3. The lowest BCUT2D eigenvalue weighted by atomic mass is 9.95. The summed E-state index contributed by atoms with van der Waals surface area (Å²) in [6.45, 7) is 8.74. The summed E-state index contributed by atoms with van der Waals surface area (Å²) < 4.78 is 0. The van der Waals surface area contributed by atoms with E-state index in [1.807, 2.05) is 60.7 Å². The van der Waals surface area contributed by atoms with Crippen molar-refractivity contribution in [3.8, 4) is 10.6 Å². The largest absolute Gasteiger partial charge is 0.503 e. The van der Waals surface area contributed by atoms with E-state index in [4.69, 9.17) is 0 Å². The molecule has 1 aliphatic rings. The van der Waals surface area contributed by atoms with E-state index in [1.54, 1.807) is 11.8 Å². The lowest BCUT2D eigenvalue weighted by Crippen LogP contribution is -2.38. The number of aliphatic hydroxyl groups is 1. The Balaban J connectivity index is 1.72. The number of aromatic nitrogens is 1. The van der Waals surface area contributed by atoms with Crippen molar-refractivity contribution in [2.75, 3.05) is 26.2 Å². The smallest absolute Gasteiger partial charge is 0.290 e. The highest BCUT2D eigenvalue weighted by Gasteiger charge is 2.44. The van der Waals surface area contributed by atoms with Gasteiger partial charge in [-0.15, -0.1) is 11.3 Å². The first-order valence-corrected chi connectivity index (χ1v) is 12.4. The summed E-state index contributed by atoms with van der Waals surface area (Å²) >= 11 is 1.29. The number of hydrogen-bond acceptors (Lipinski definition) is 6. The zero-order valence-electron chi connectivity index (χ0n) is 19.7. The van der Waals surface area contributed by atoms with Crippen LogP contribution in [0, 0.1) is 6.92 Å². The molecule has 6 nitrogen and oxygen atoms in total. The summed E-state index contributed by atoms with van der Waals surface area (Å²) in [5, 5.41) is 11.7. The van der Waals surface area contributed by atoms with Crippen molar-refractivity contribution in [2.45, 2.75) is 26.8 Å². The quantitative estimate of drug-likeness (QED) is 0.439. The number of hydrogen-bond donors (Lipinski definition) is 1. The Morgan fingerprint density at radius 3 is 2.29 bits per heavy atom. The van der Waals surface area contributed by atoms with Crippen molar-refractivity contribution < 1.29 is 14.7 Å². The highest BCUT2D eigenvalue weighted by Crippen LogP contribution is 2.40. The van der Waals surface area contributed by atoms with Crippen LogP contribution in [0.5, 0.6) is 0 Å². The molecule has 1 N–H and O–H groups in total. The van der Waals surface area contributed by atoms with Gasteiger partial charge in [0.15, 0.2) is 5.76 Å². The molecule has 7 heteroatoms. The zero-order valence-corrected chi connectivity index (χ0v) is 20.5. The second-order valence-electron chi connectivity index (χ2n) is 8.23. The molecule has 0 fully saturated rings. The SMILES string of the molecule is CCN(CC)CCN1C(=O)C(O)=C(C(=O)c2sc(-c3ccccc3)nc2C)C1c1ccccc1. The van der Waals surface area contributed by atoms with Gasteiger partial charge in [0.1, 0.15) is 5.01 Å². The number of carbonyl (C=O) groups is 2. The van der Waals surface area contributed by atoms with E-state index in [2.05, 4.69) is 23.7 Å². The topological polar surface area (TPSA) is 73.7 Å². The number of benzene rings is 2. The number of amides is 1. The van der Waals surface area contributed by atoms with E-state index in [-0.39, 0.29) is 11.4 Å². The number of aryl methyl sites for hydroxylation is 1. The third-order valence-electron chi connectivity index (χ3n) is 6.24. The zero-order chi connectivity index (χ0) is 24.2. The highest BCUT2D eigenvalue weighted by molar-refractivity contribution is 7.17. The maximum absolute atomic E-state index is 13.8. The number of thiazole rings is 1. The van der Waals surface area contributed by atoms with E-state index in [9.17, 15) is 14.7 Å². The van der Waals surface area contributed by atoms with Crippen LogP contribution >= 0.6 is 11.3 Å². The molecule has 1 aromatic heterocycles. The van der Waals surface area contributed by atoms with Gasteiger partial charge in [-0.3, -0.25) is 9.59 Å².